The smallest absolute Gasteiger partial charge is 0.323 e. The molecule has 2 aliphatic rings. The molecule has 1 aliphatic heterocycles. The van der Waals surface area contributed by atoms with Gasteiger partial charge in [0.2, 0.25) is 5.88 Å². The normalized spacial score (nSPS) is 17.1. The SMILES string of the molecule is O=C(Nc1cccnn1)N1CCN(C(=O)c2ccnc(OCCC3CCCCC3)c2)CC1. The number of rotatable bonds is 6. The van der Waals surface area contributed by atoms with Gasteiger partial charge in [-0.05, 0) is 30.5 Å². The van der Waals surface area contributed by atoms with Crippen LogP contribution in [0.25, 0.3) is 0 Å². The first-order valence-corrected chi connectivity index (χ1v) is 11.4. The summed E-state index contributed by atoms with van der Waals surface area (Å²) in [7, 11) is 0. The second-order valence-corrected chi connectivity index (χ2v) is 8.34. The van der Waals surface area contributed by atoms with Gasteiger partial charge in [-0.25, -0.2) is 9.78 Å². The number of piperazine rings is 1. The fourth-order valence-corrected chi connectivity index (χ4v) is 4.28. The summed E-state index contributed by atoms with van der Waals surface area (Å²) in [6, 6.07) is 6.58. The molecule has 1 saturated heterocycles. The quantitative estimate of drug-likeness (QED) is 0.743. The van der Waals surface area contributed by atoms with Crippen LogP contribution >= 0.6 is 0 Å². The van der Waals surface area contributed by atoms with Gasteiger partial charge in [-0.3, -0.25) is 10.1 Å². The number of ether oxygens (including phenoxy) is 1. The highest BCUT2D eigenvalue weighted by atomic mass is 16.5. The summed E-state index contributed by atoms with van der Waals surface area (Å²) in [4.78, 5) is 33.0. The van der Waals surface area contributed by atoms with Gasteiger partial charge in [-0.2, -0.15) is 5.10 Å². The number of nitrogens with one attached hydrogen (secondary N) is 1. The van der Waals surface area contributed by atoms with Crippen molar-refractivity contribution in [1.29, 1.82) is 0 Å². The molecule has 3 amide bonds. The van der Waals surface area contributed by atoms with E-state index in [-0.39, 0.29) is 11.9 Å². The van der Waals surface area contributed by atoms with Crippen LogP contribution in [-0.2, 0) is 0 Å². The average molecular weight is 439 g/mol. The third-order valence-electron chi connectivity index (χ3n) is 6.14. The Morgan fingerprint density at radius 3 is 2.56 bits per heavy atom. The number of carbonyl (C=O) groups is 2. The highest BCUT2D eigenvalue weighted by Crippen LogP contribution is 2.26. The number of anilines is 1. The van der Waals surface area contributed by atoms with Crippen molar-refractivity contribution in [3.8, 4) is 5.88 Å². The summed E-state index contributed by atoms with van der Waals surface area (Å²) in [5.74, 6) is 1.58. The Morgan fingerprint density at radius 1 is 1.03 bits per heavy atom. The molecule has 170 valence electrons. The van der Waals surface area contributed by atoms with Crippen LogP contribution in [-0.4, -0.2) is 69.7 Å². The van der Waals surface area contributed by atoms with Crippen LogP contribution in [0.1, 0.15) is 48.9 Å². The van der Waals surface area contributed by atoms with E-state index in [1.807, 2.05) is 0 Å². The largest absolute Gasteiger partial charge is 0.478 e. The Bertz CT molecular complexity index is 896. The predicted molar refractivity (Wildman–Crippen MR) is 119 cm³/mol. The zero-order valence-corrected chi connectivity index (χ0v) is 18.3. The molecule has 0 aromatic carbocycles. The van der Waals surface area contributed by atoms with Crippen molar-refractivity contribution in [2.45, 2.75) is 38.5 Å². The van der Waals surface area contributed by atoms with Crippen molar-refractivity contribution >= 4 is 17.8 Å². The Labute approximate surface area is 188 Å². The highest BCUT2D eigenvalue weighted by molar-refractivity contribution is 5.94. The van der Waals surface area contributed by atoms with E-state index in [1.54, 1.807) is 46.5 Å². The molecule has 2 aromatic heterocycles. The fourth-order valence-electron chi connectivity index (χ4n) is 4.28. The van der Waals surface area contributed by atoms with Crippen LogP contribution in [0, 0.1) is 5.92 Å². The van der Waals surface area contributed by atoms with Crippen molar-refractivity contribution in [2.24, 2.45) is 5.92 Å². The van der Waals surface area contributed by atoms with Crippen molar-refractivity contribution in [3.05, 3.63) is 42.2 Å². The van der Waals surface area contributed by atoms with Gasteiger partial charge in [0.1, 0.15) is 0 Å². The van der Waals surface area contributed by atoms with E-state index in [1.165, 1.54) is 32.1 Å². The second kappa shape index (κ2) is 10.9. The molecular weight excluding hydrogens is 408 g/mol. The molecule has 1 aliphatic carbocycles. The molecule has 1 N–H and O–H groups in total. The van der Waals surface area contributed by atoms with E-state index < -0.39 is 0 Å². The Balaban J connectivity index is 1.24. The van der Waals surface area contributed by atoms with Gasteiger partial charge in [0.05, 0.1) is 6.61 Å². The van der Waals surface area contributed by atoms with Gasteiger partial charge < -0.3 is 14.5 Å². The maximum atomic E-state index is 12.9. The monoisotopic (exact) mass is 438 g/mol. The molecule has 4 rings (SSSR count). The van der Waals surface area contributed by atoms with Crippen LogP contribution in [0.15, 0.2) is 36.7 Å². The molecule has 2 aromatic rings. The second-order valence-electron chi connectivity index (χ2n) is 8.34. The van der Waals surface area contributed by atoms with Crippen molar-refractivity contribution < 1.29 is 14.3 Å². The molecule has 9 heteroatoms. The first kappa shape index (κ1) is 22.0. The average Bonchev–Trinajstić information content (AvgIpc) is 2.85. The lowest BCUT2D eigenvalue weighted by Crippen LogP contribution is -2.51. The molecule has 0 spiro atoms. The molecule has 0 unspecified atom stereocenters. The standard InChI is InChI=1S/C23H30N6O3/c30-22(19-8-11-24-21(17-19)32-16-9-18-5-2-1-3-6-18)28-12-14-29(15-13-28)23(31)26-20-7-4-10-25-27-20/h4,7-8,10-11,17-18H,1-3,5-6,9,12-16H2,(H,26,27,31). The van der Waals surface area contributed by atoms with Gasteiger partial charge in [-0.1, -0.05) is 32.1 Å². The molecule has 0 bridgehead atoms. The molecule has 2 fully saturated rings. The molecule has 0 radical (unpaired) electrons. The molecule has 3 heterocycles. The van der Waals surface area contributed by atoms with Crippen LogP contribution < -0.4 is 10.1 Å². The lowest BCUT2D eigenvalue weighted by Gasteiger charge is -2.34. The van der Waals surface area contributed by atoms with Crippen molar-refractivity contribution in [1.82, 2.24) is 25.0 Å². The lowest BCUT2D eigenvalue weighted by atomic mass is 9.87. The van der Waals surface area contributed by atoms with E-state index in [0.717, 1.165) is 12.3 Å². The maximum Gasteiger partial charge on any atom is 0.323 e. The number of urea groups is 1. The van der Waals surface area contributed by atoms with Gasteiger partial charge >= 0.3 is 6.03 Å². The maximum absolute atomic E-state index is 12.9. The molecular formula is C23H30N6O3. The van der Waals surface area contributed by atoms with Crippen molar-refractivity contribution in [2.75, 3.05) is 38.1 Å². The molecule has 1 saturated carbocycles. The number of amides is 3. The summed E-state index contributed by atoms with van der Waals surface area (Å²) >= 11 is 0. The van der Waals surface area contributed by atoms with Crippen molar-refractivity contribution in [3.63, 3.8) is 0 Å². The fraction of sp³-hybridized carbons (Fsp3) is 0.522. The number of nitrogens with zero attached hydrogens (tertiary/aromatic N) is 5. The van der Waals surface area contributed by atoms with E-state index in [9.17, 15) is 9.59 Å². The summed E-state index contributed by atoms with van der Waals surface area (Å²) < 4.78 is 5.84. The molecule has 0 atom stereocenters. The first-order chi connectivity index (χ1) is 15.7. The number of hydrogen-bond acceptors (Lipinski definition) is 6. The van der Waals surface area contributed by atoms with Gasteiger partial charge in [-0.15, -0.1) is 5.10 Å². The molecule has 9 nitrogen and oxygen atoms in total. The minimum atomic E-state index is -0.241. The van der Waals surface area contributed by atoms with E-state index in [0.29, 0.717) is 50.0 Å². The van der Waals surface area contributed by atoms with Crippen LogP contribution in [0.5, 0.6) is 5.88 Å². The minimum absolute atomic E-state index is 0.0708. The topological polar surface area (TPSA) is 101 Å². The highest BCUT2D eigenvalue weighted by Gasteiger charge is 2.25. The van der Waals surface area contributed by atoms with Gasteiger partial charge in [0.15, 0.2) is 5.82 Å². The predicted octanol–water partition coefficient (Wildman–Crippen LogP) is 3.21. The number of hydrogen-bond donors (Lipinski definition) is 1. The molecule has 32 heavy (non-hydrogen) atoms. The summed E-state index contributed by atoms with van der Waals surface area (Å²) in [6.07, 6.45) is 10.8. The zero-order chi connectivity index (χ0) is 22.2. The third-order valence-corrected chi connectivity index (χ3v) is 6.14. The summed E-state index contributed by atoms with van der Waals surface area (Å²) in [5.41, 5.74) is 0.560. The van der Waals surface area contributed by atoms with E-state index in [2.05, 4.69) is 20.5 Å². The third kappa shape index (κ3) is 5.93. The van der Waals surface area contributed by atoms with Gasteiger partial charge in [0.25, 0.3) is 5.91 Å². The minimum Gasteiger partial charge on any atom is -0.478 e. The van der Waals surface area contributed by atoms with Crippen LogP contribution in [0.3, 0.4) is 0 Å². The first-order valence-electron chi connectivity index (χ1n) is 11.4. The number of pyridine rings is 1. The number of carbonyl (C=O) groups excluding carboxylic acids is 2. The van der Waals surface area contributed by atoms with Crippen LogP contribution in [0.2, 0.25) is 0 Å². The van der Waals surface area contributed by atoms with Gasteiger partial charge in [0, 0.05) is 50.2 Å². The Kier molecular flexibility index (Phi) is 7.47. The zero-order valence-electron chi connectivity index (χ0n) is 18.3. The summed E-state index contributed by atoms with van der Waals surface area (Å²) in [5, 5.41) is 10.3. The lowest BCUT2D eigenvalue weighted by molar-refractivity contribution is 0.0671. The Hall–Kier alpha value is -3.23. The van der Waals surface area contributed by atoms with Crippen LogP contribution in [0.4, 0.5) is 10.6 Å². The number of aromatic nitrogens is 3. The Morgan fingerprint density at radius 2 is 1.81 bits per heavy atom. The van der Waals surface area contributed by atoms with E-state index >= 15 is 0 Å². The summed E-state index contributed by atoms with van der Waals surface area (Å²) in [6.45, 7) is 2.47. The van der Waals surface area contributed by atoms with E-state index in [4.69, 9.17) is 4.74 Å².